The highest BCUT2D eigenvalue weighted by atomic mass is 16.5. The predicted octanol–water partition coefficient (Wildman–Crippen LogP) is 11.1. The van der Waals surface area contributed by atoms with Gasteiger partial charge in [0.25, 0.3) is 0 Å². The number of methoxy groups -OCH3 is 2. The average Bonchev–Trinajstić information content (AvgIpc) is 3.03. The van der Waals surface area contributed by atoms with Crippen molar-refractivity contribution < 1.29 is 9.47 Å². The van der Waals surface area contributed by atoms with Gasteiger partial charge >= 0.3 is 0 Å². The number of rotatable bonds is 18. The minimum absolute atomic E-state index is 0.729. The molecule has 0 radical (unpaired) electrons. The van der Waals surface area contributed by atoms with E-state index in [-0.39, 0.29) is 0 Å². The summed E-state index contributed by atoms with van der Waals surface area (Å²) in [5.41, 5.74) is 20.0. The number of hydrogen-bond acceptors (Lipinski definition) is 3. The molecule has 0 saturated heterocycles. The largest absolute Gasteiger partial charge is 0.496 e. The second-order valence-corrected chi connectivity index (χ2v) is 12.3. The first-order valence-electron chi connectivity index (χ1n) is 16.9. The lowest BCUT2D eigenvalue weighted by Gasteiger charge is -2.21. The second-order valence-electron chi connectivity index (χ2n) is 12.3. The zero-order valence-electron chi connectivity index (χ0n) is 28.8. The van der Waals surface area contributed by atoms with Crippen molar-refractivity contribution in [3.05, 3.63) is 99.6 Å². The molecule has 0 saturated carbocycles. The summed E-state index contributed by atoms with van der Waals surface area (Å²) < 4.78 is 11.9. The highest BCUT2D eigenvalue weighted by Crippen LogP contribution is 2.40. The van der Waals surface area contributed by atoms with Gasteiger partial charge in [0.05, 0.1) is 14.2 Å². The highest BCUT2D eigenvalue weighted by molar-refractivity contribution is 5.93. The minimum Gasteiger partial charge on any atom is -0.496 e. The maximum Gasteiger partial charge on any atom is 0.125 e. The normalized spacial score (nSPS) is 11.1. The first kappa shape index (κ1) is 35.0. The molecule has 0 spiro atoms. The predicted molar refractivity (Wildman–Crippen MR) is 192 cm³/mol. The summed E-state index contributed by atoms with van der Waals surface area (Å²) in [6, 6.07) is 13.4. The highest BCUT2D eigenvalue weighted by Gasteiger charge is 2.20. The van der Waals surface area contributed by atoms with E-state index in [0.29, 0.717) is 0 Å². The Labute approximate surface area is 268 Å². The summed E-state index contributed by atoms with van der Waals surface area (Å²) in [7, 11) is 3.59. The molecule has 0 aromatic heterocycles. The van der Waals surface area contributed by atoms with Gasteiger partial charge in [-0.3, -0.25) is 0 Å². The van der Waals surface area contributed by atoms with Gasteiger partial charge in [-0.05, 0) is 145 Å². The summed E-state index contributed by atoms with van der Waals surface area (Å²) in [6.45, 7) is 20.3. The Balaban J connectivity index is 2.13. The topological polar surface area (TPSA) is 44.5 Å². The van der Waals surface area contributed by atoms with Gasteiger partial charge in [0.1, 0.15) is 11.5 Å². The van der Waals surface area contributed by atoms with Crippen molar-refractivity contribution in [1.82, 2.24) is 0 Å². The van der Waals surface area contributed by atoms with E-state index in [0.717, 1.165) is 133 Å². The molecule has 238 valence electrons. The molecular formula is C41H57NO2. The Bertz CT molecular complexity index is 1270. The van der Waals surface area contributed by atoms with Gasteiger partial charge in [-0.25, -0.2) is 0 Å². The molecule has 0 aliphatic carbocycles. The summed E-state index contributed by atoms with van der Waals surface area (Å²) in [5, 5.41) is 0. The van der Waals surface area contributed by atoms with E-state index in [9.17, 15) is 0 Å². The van der Waals surface area contributed by atoms with Crippen LogP contribution in [0.25, 0.3) is 11.1 Å². The lowest BCUT2D eigenvalue weighted by atomic mass is 9.86. The summed E-state index contributed by atoms with van der Waals surface area (Å²) >= 11 is 0. The number of benzene rings is 3. The number of hydrogen-bond donors (Lipinski definition) is 1. The standard InChI is InChI=1S/C41H57NO2/c1-10-14-18-31-24-35(25-32(19-15-11-2)40(31)43-8)29(6)37-22-28(5)23-38(39(37)42)30(7)36-26-33(20-16-12-3)41(44-9)34(27-36)21-17-13-4/h22-27H,6-7,10-21,42H2,1-5,8-9H3. The van der Waals surface area contributed by atoms with E-state index in [2.05, 4.69) is 84.2 Å². The summed E-state index contributed by atoms with van der Waals surface area (Å²) in [6.07, 6.45) is 13.0. The Hall–Kier alpha value is -3.46. The van der Waals surface area contributed by atoms with E-state index < -0.39 is 0 Å². The average molecular weight is 596 g/mol. The van der Waals surface area contributed by atoms with Gasteiger partial charge in [-0.1, -0.05) is 66.5 Å². The third-order valence-corrected chi connectivity index (χ3v) is 8.76. The maximum absolute atomic E-state index is 7.04. The molecule has 44 heavy (non-hydrogen) atoms. The fourth-order valence-electron chi connectivity index (χ4n) is 6.20. The van der Waals surface area contributed by atoms with Crippen molar-refractivity contribution in [2.24, 2.45) is 0 Å². The summed E-state index contributed by atoms with van der Waals surface area (Å²) in [4.78, 5) is 0. The summed E-state index contributed by atoms with van der Waals surface area (Å²) in [5.74, 6) is 2.07. The van der Waals surface area contributed by atoms with Crippen LogP contribution < -0.4 is 15.2 Å². The number of nitrogen functional groups attached to an aromatic ring is 1. The van der Waals surface area contributed by atoms with Crippen LogP contribution in [-0.4, -0.2) is 14.2 Å². The minimum atomic E-state index is 0.729. The third kappa shape index (κ3) is 8.37. The number of anilines is 1. The van der Waals surface area contributed by atoms with Gasteiger partial charge in [-0.15, -0.1) is 0 Å². The number of aryl methyl sites for hydroxylation is 5. The number of ether oxygens (including phenoxy) is 2. The van der Waals surface area contributed by atoms with Crippen molar-refractivity contribution in [3.8, 4) is 11.5 Å². The third-order valence-electron chi connectivity index (χ3n) is 8.76. The lowest BCUT2D eigenvalue weighted by molar-refractivity contribution is 0.403. The van der Waals surface area contributed by atoms with E-state index >= 15 is 0 Å². The van der Waals surface area contributed by atoms with Gasteiger partial charge in [0, 0.05) is 16.8 Å². The van der Waals surface area contributed by atoms with Gasteiger partial charge in [-0.2, -0.15) is 0 Å². The Morgan fingerprint density at radius 2 is 0.864 bits per heavy atom. The van der Waals surface area contributed by atoms with Crippen LogP contribution in [0.3, 0.4) is 0 Å². The molecular weight excluding hydrogens is 538 g/mol. The molecule has 0 amide bonds. The molecule has 0 atom stereocenters. The van der Waals surface area contributed by atoms with E-state index in [1.807, 2.05) is 0 Å². The SMILES string of the molecule is C=C(c1cc(CCCC)c(OC)c(CCCC)c1)c1cc(C)cc(C(=C)c2cc(CCCC)c(OC)c(CCCC)c2)c1N. The Morgan fingerprint density at radius 1 is 0.568 bits per heavy atom. The van der Waals surface area contributed by atoms with Crippen LogP contribution in [0.4, 0.5) is 5.69 Å². The van der Waals surface area contributed by atoms with Crippen molar-refractivity contribution in [2.75, 3.05) is 20.0 Å². The van der Waals surface area contributed by atoms with Gasteiger partial charge in [0.15, 0.2) is 0 Å². The molecule has 3 aromatic rings. The van der Waals surface area contributed by atoms with Crippen molar-refractivity contribution in [1.29, 1.82) is 0 Å². The van der Waals surface area contributed by atoms with Crippen LogP contribution in [0, 0.1) is 6.92 Å². The molecule has 0 aliphatic heterocycles. The van der Waals surface area contributed by atoms with Crippen LogP contribution in [0.5, 0.6) is 11.5 Å². The maximum atomic E-state index is 7.04. The van der Waals surface area contributed by atoms with Crippen LogP contribution in [0.1, 0.15) is 129 Å². The molecule has 0 aliphatic rings. The first-order valence-corrected chi connectivity index (χ1v) is 16.9. The smallest absolute Gasteiger partial charge is 0.125 e. The fraction of sp³-hybridized carbons (Fsp3) is 0.463. The van der Waals surface area contributed by atoms with Crippen LogP contribution in [0.15, 0.2) is 49.6 Å². The zero-order valence-corrected chi connectivity index (χ0v) is 28.8. The molecule has 2 N–H and O–H groups in total. The molecule has 3 aromatic carbocycles. The molecule has 3 heteroatoms. The van der Waals surface area contributed by atoms with Gasteiger partial charge < -0.3 is 15.2 Å². The Morgan fingerprint density at radius 3 is 1.11 bits per heavy atom. The van der Waals surface area contributed by atoms with Crippen LogP contribution >= 0.6 is 0 Å². The molecule has 0 heterocycles. The molecule has 3 nitrogen and oxygen atoms in total. The molecule has 3 rings (SSSR count). The van der Waals surface area contributed by atoms with E-state index in [1.54, 1.807) is 14.2 Å². The van der Waals surface area contributed by atoms with Crippen LogP contribution in [0.2, 0.25) is 0 Å². The monoisotopic (exact) mass is 595 g/mol. The number of nitrogens with two attached hydrogens (primary N) is 1. The molecule has 0 fully saturated rings. The number of unbranched alkanes of at least 4 members (excludes halogenated alkanes) is 4. The molecule has 0 bridgehead atoms. The lowest BCUT2D eigenvalue weighted by Crippen LogP contribution is -2.05. The van der Waals surface area contributed by atoms with Crippen molar-refractivity contribution in [2.45, 2.75) is 112 Å². The second kappa shape index (κ2) is 17.1. The van der Waals surface area contributed by atoms with Gasteiger partial charge in [0.2, 0.25) is 0 Å². The van der Waals surface area contributed by atoms with E-state index in [4.69, 9.17) is 15.2 Å². The fourth-order valence-corrected chi connectivity index (χ4v) is 6.20. The van der Waals surface area contributed by atoms with E-state index in [1.165, 1.54) is 22.3 Å². The quantitative estimate of drug-likeness (QED) is 0.149. The van der Waals surface area contributed by atoms with Crippen molar-refractivity contribution >= 4 is 16.8 Å². The zero-order chi connectivity index (χ0) is 32.2. The first-order chi connectivity index (χ1) is 21.2. The molecule has 0 unspecified atom stereocenters. The Kier molecular flexibility index (Phi) is 13.6. The van der Waals surface area contributed by atoms with Crippen LogP contribution in [-0.2, 0) is 25.7 Å². The van der Waals surface area contributed by atoms with Crippen molar-refractivity contribution in [3.63, 3.8) is 0 Å².